The van der Waals surface area contributed by atoms with Crippen molar-refractivity contribution in [1.82, 2.24) is 0 Å². The number of hydrogen-bond donors (Lipinski definition) is 0. The molecule has 0 aliphatic heterocycles. The first-order chi connectivity index (χ1) is 20.0. The van der Waals surface area contributed by atoms with Crippen LogP contribution in [0.25, 0.3) is 17.7 Å². The van der Waals surface area contributed by atoms with Crippen LogP contribution in [0, 0.1) is 45.9 Å². The molecule has 3 rings (SSSR count). The van der Waals surface area contributed by atoms with Gasteiger partial charge in [0.15, 0.2) is 23.3 Å². The topological polar surface area (TPSA) is 50.8 Å². The van der Waals surface area contributed by atoms with Gasteiger partial charge in [-0.2, -0.15) is 23.7 Å². The van der Waals surface area contributed by atoms with Crippen LogP contribution in [0.2, 0.25) is 0 Å². The fourth-order valence-electron chi connectivity index (χ4n) is 4.23. The maximum atomic E-state index is 14.9. The quantitative estimate of drug-likeness (QED) is 0.124. The smallest absolute Gasteiger partial charge is 0.372 e. The zero-order valence-electron chi connectivity index (χ0n) is 22.8. The normalized spacial score (nSPS) is 11.4. The predicted molar refractivity (Wildman–Crippen MR) is 150 cm³/mol. The first-order valence-corrected chi connectivity index (χ1v) is 13.9. The third-order valence-corrected chi connectivity index (χ3v) is 7.47. The van der Waals surface area contributed by atoms with E-state index in [4.69, 9.17) is 0 Å². The highest BCUT2D eigenvalue weighted by Gasteiger charge is 2.43. The summed E-state index contributed by atoms with van der Waals surface area (Å²) in [5.74, 6) is -10.1. The number of rotatable bonds is 11. The minimum absolute atomic E-state index is 0.151. The van der Waals surface area contributed by atoms with Crippen molar-refractivity contribution in [1.29, 1.82) is 10.5 Å². The van der Waals surface area contributed by atoms with Crippen LogP contribution in [-0.4, -0.2) is 13.1 Å². The van der Waals surface area contributed by atoms with E-state index in [1.54, 1.807) is 12.2 Å². The Bertz CT molecular complexity index is 1500. The third-order valence-electron chi connectivity index (χ3n) is 6.41. The Balaban J connectivity index is 1.98. The van der Waals surface area contributed by atoms with Gasteiger partial charge >= 0.3 is 6.18 Å². The first kappa shape index (κ1) is 32.4. The van der Waals surface area contributed by atoms with Crippen LogP contribution in [0.5, 0.6) is 0 Å². The van der Waals surface area contributed by atoms with Crippen molar-refractivity contribution in [2.75, 3.05) is 18.0 Å². The number of nitrogens with zero attached hydrogens (tertiary/aromatic N) is 3. The molecule has 3 nitrogen and oxygen atoms in total. The minimum Gasteiger partial charge on any atom is -0.372 e. The van der Waals surface area contributed by atoms with Crippen LogP contribution < -0.4 is 4.90 Å². The zero-order chi connectivity index (χ0) is 31.0. The van der Waals surface area contributed by atoms with E-state index in [9.17, 15) is 41.3 Å². The number of alkyl halides is 3. The van der Waals surface area contributed by atoms with E-state index in [1.165, 1.54) is 24.3 Å². The molecule has 0 N–H and O–H groups in total. The van der Waals surface area contributed by atoms with Crippen molar-refractivity contribution in [3.63, 3.8) is 0 Å². The van der Waals surface area contributed by atoms with Crippen molar-refractivity contribution in [3.8, 4) is 12.1 Å². The average Bonchev–Trinajstić information content (AvgIpc) is 3.43. The highest BCUT2D eigenvalue weighted by molar-refractivity contribution is 7.14. The summed E-state index contributed by atoms with van der Waals surface area (Å²) in [5, 5.41) is 18.8. The highest BCUT2D eigenvalue weighted by atomic mass is 32.1. The van der Waals surface area contributed by atoms with E-state index >= 15 is 0 Å². The first-order valence-electron chi connectivity index (χ1n) is 13.1. The molecule has 42 heavy (non-hydrogen) atoms. The predicted octanol–water partition coefficient (Wildman–Crippen LogP) is 9.75. The van der Waals surface area contributed by atoms with Gasteiger partial charge in [-0.3, -0.25) is 0 Å². The Hall–Kier alpha value is -4.09. The fraction of sp³-hybridized carbons (Fsp3) is 0.290. The summed E-state index contributed by atoms with van der Waals surface area (Å²) >= 11 is 0.824. The Morgan fingerprint density at radius 2 is 1.36 bits per heavy atom. The molecule has 11 heteroatoms. The number of unbranched alkanes of at least 4 members (excludes halogenated alkanes) is 2. The fourth-order valence-corrected chi connectivity index (χ4v) is 5.20. The molecule has 0 atom stereocenters. The van der Waals surface area contributed by atoms with Gasteiger partial charge in [0, 0.05) is 34.1 Å². The largest absolute Gasteiger partial charge is 0.422 e. The van der Waals surface area contributed by atoms with Crippen LogP contribution in [0.3, 0.4) is 0 Å². The number of halogens is 7. The molecule has 220 valence electrons. The summed E-state index contributed by atoms with van der Waals surface area (Å²) in [4.78, 5) is 2.65. The molecular weight excluding hydrogens is 579 g/mol. The highest BCUT2D eigenvalue weighted by Crippen LogP contribution is 2.42. The molecule has 0 radical (unpaired) electrons. The van der Waals surface area contributed by atoms with Gasteiger partial charge in [-0.05, 0) is 48.7 Å². The molecule has 0 unspecified atom stereocenters. The lowest BCUT2D eigenvalue weighted by Gasteiger charge is -2.24. The van der Waals surface area contributed by atoms with E-state index in [2.05, 4.69) is 18.7 Å². The van der Waals surface area contributed by atoms with Crippen LogP contribution >= 0.6 is 11.3 Å². The molecule has 0 aliphatic carbocycles. The molecule has 1 heterocycles. The number of allylic oxidation sites excluding steroid dienone is 1. The van der Waals surface area contributed by atoms with Crippen molar-refractivity contribution in [2.24, 2.45) is 0 Å². The van der Waals surface area contributed by atoms with Gasteiger partial charge in [0.05, 0.1) is 5.56 Å². The summed E-state index contributed by atoms with van der Waals surface area (Å²) in [5.41, 5.74) is -4.18. The molecule has 0 bridgehead atoms. The molecule has 1 aromatic heterocycles. The Labute approximate surface area is 243 Å². The second-order valence-electron chi connectivity index (χ2n) is 9.30. The van der Waals surface area contributed by atoms with Crippen molar-refractivity contribution in [3.05, 3.63) is 91.7 Å². The van der Waals surface area contributed by atoms with Crippen molar-refractivity contribution >= 4 is 34.7 Å². The Kier molecular flexibility index (Phi) is 11.0. The molecule has 3 aromatic rings. The van der Waals surface area contributed by atoms with Crippen molar-refractivity contribution in [2.45, 2.75) is 45.7 Å². The second kappa shape index (κ2) is 14.2. The van der Waals surface area contributed by atoms with E-state index in [1.807, 2.05) is 24.3 Å². The van der Waals surface area contributed by atoms with Gasteiger partial charge in [0.25, 0.3) is 0 Å². The molecule has 0 saturated carbocycles. The number of hydrogen-bond acceptors (Lipinski definition) is 4. The lowest BCUT2D eigenvalue weighted by molar-refractivity contribution is -0.143. The van der Waals surface area contributed by atoms with Crippen LogP contribution in [0.4, 0.5) is 36.4 Å². The van der Waals surface area contributed by atoms with Crippen LogP contribution in [0.1, 0.15) is 66.0 Å². The maximum Gasteiger partial charge on any atom is 0.422 e. The Morgan fingerprint density at radius 3 is 1.83 bits per heavy atom. The number of thiophene rings is 1. The molecule has 0 aliphatic rings. The van der Waals surface area contributed by atoms with Gasteiger partial charge in [-0.25, -0.2) is 17.6 Å². The van der Waals surface area contributed by atoms with Gasteiger partial charge in [-0.1, -0.05) is 44.9 Å². The SMILES string of the molecule is CCCCN(CCCC)c1ccc(/C=C/c2ccc(C(=C(C#N)C#N)c3c(F)c(F)c(C(F)(F)F)c(F)c3F)s2)cc1. The number of anilines is 1. The van der Waals surface area contributed by atoms with E-state index in [0.717, 1.165) is 61.4 Å². The second-order valence-corrected chi connectivity index (χ2v) is 10.4. The van der Waals surface area contributed by atoms with Gasteiger partial charge in [-0.15, -0.1) is 11.3 Å². The standard InChI is InChI=1S/C31H26F7N3S/c1-3-5-15-41(16-6-4-2)21-10-7-19(8-11-21)9-12-22-13-14-23(42-22)24(20(17-39)18-40)25-27(32)29(34)26(31(36,37)38)30(35)28(25)33/h7-14H,3-6,15-16H2,1-2H3/b12-9+. The molecule has 0 saturated heterocycles. The van der Waals surface area contributed by atoms with Crippen LogP contribution in [0.15, 0.2) is 42.0 Å². The Morgan fingerprint density at radius 1 is 0.810 bits per heavy atom. The van der Waals surface area contributed by atoms with Crippen LogP contribution in [-0.2, 0) is 6.18 Å². The third kappa shape index (κ3) is 7.21. The molecular formula is C31H26F7N3S. The van der Waals surface area contributed by atoms with E-state index in [0.29, 0.717) is 4.88 Å². The lowest BCUT2D eigenvalue weighted by Crippen LogP contribution is -2.25. The summed E-state index contributed by atoms with van der Waals surface area (Å²) in [6, 6.07) is 13.3. The summed E-state index contributed by atoms with van der Waals surface area (Å²) in [6.45, 7) is 6.16. The van der Waals surface area contributed by atoms with Gasteiger partial charge in [0.2, 0.25) is 0 Å². The lowest BCUT2D eigenvalue weighted by atomic mass is 9.96. The maximum absolute atomic E-state index is 14.9. The number of benzene rings is 2. The van der Waals surface area contributed by atoms with E-state index < -0.39 is 51.7 Å². The monoisotopic (exact) mass is 605 g/mol. The molecule has 2 aromatic carbocycles. The van der Waals surface area contributed by atoms with Gasteiger partial charge < -0.3 is 4.90 Å². The zero-order valence-corrected chi connectivity index (χ0v) is 23.6. The summed E-state index contributed by atoms with van der Waals surface area (Å²) in [7, 11) is 0. The molecule has 0 amide bonds. The average molecular weight is 606 g/mol. The molecule has 0 spiro atoms. The van der Waals surface area contributed by atoms with Gasteiger partial charge in [0.1, 0.15) is 23.3 Å². The van der Waals surface area contributed by atoms with E-state index in [-0.39, 0.29) is 4.88 Å². The van der Waals surface area contributed by atoms with Crippen molar-refractivity contribution < 1.29 is 30.7 Å². The minimum atomic E-state index is -5.73. The number of nitriles is 2. The summed E-state index contributed by atoms with van der Waals surface area (Å²) < 4.78 is 97.6. The molecule has 0 fully saturated rings. The summed E-state index contributed by atoms with van der Waals surface area (Å²) in [6.07, 6.45) is 1.96.